The molecule has 9 aliphatic rings. The maximum Gasteiger partial charge on any atom is 0.136 e. The minimum atomic E-state index is 0.241. The second-order valence-corrected chi connectivity index (χ2v) is 12.8. The average Bonchev–Trinajstić information content (AvgIpc) is 3.68. The standard InChI is InChI=1S/C35H32N2O/c1-18-22-14-20-6-3-4-7-26(20)27(16-22)21-10-13-30-28(15-21)32-31(38-30)17-36-29-12-11-25-19(2)24-9-5-8-23(18)33(24)37(34(25)29)35(32)36/h3-4,6-7,9-14,16,18-19,21,25-27,35H,5,8,15,17H2,1-2H3. The van der Waals surface area contributed by atoms with Crippen LogP contribution in [0.2, 0.25) is 0 Å². The predicted molar refractivity (Wildman–Crippen MR) is 149 cm³/mol. The third-order valence-corrected chi connectivity index (χ3v) is 11.2. The summed E-state index contributed by atoms with van der Waals surface area (Å²) in [6.07, 6.45) is 30.4. The minimum Gasteiger partial charge on any atom is -0.459 e. The van der Waals surface area contributed by atoms with E-state index in [1.165, 1.54) is 33.7 Å². The fraction of sp³-hybridized carbons (Fsp3) is 0.371. The second kappa shape index (κ2) is 6.75. The first kappa shape index (κ1) is 20.5. The molecule has 4 aliphatic heterocycles. The van der Waals surface area contributed by atoms with Gasteiger partial charge in [0.15, 0.2) is 0 Å². The van der Waals surface area contributed by atoms with E-state index in [0.717, 1.165) is 31.6 Å². The largest absolute Gasteiger partial charge is 0.459 e. The van der Waals surface area contributed by atoms with E-state index in [4.69, 9.17) is 4.42 Å². The Labute approximate surface area is 224 Å². The molecule has 10 rings (SSSR count). The molecule has 0 aromatic carbocycles. The first-order chi connectivity index (χ1) is 18.7. The maximum absolute atomic E-state index is 6.64. The van der Waals surface area contributed by atoms with Crippen LogP contribution in [0.3, 0.4) is 0 Å². The van der Waals surface area contributed by atoms with Gasteiger partial charge in [-0.2, -0.15) is 0 Å². The van der Waals surface area contributed by atoms with Gasteiger partial charge in [-0.1, -0.05) is 68.5 Å². The lowest BCUT2D eigenvalue weighted by molar-refractivity contribution is 0.161. The molecule has 3 heteroatoms. The highest BCUT2D eigenvalue weighted by atomic mass is 16.3. The Balaban J connectivity index is 1.28. The minimum absolute atomic E-state index is 0.241. The van der Waals surface area contributed by atoms with Crippen LogP contribution in [0.1, 0.15) is 55.5 Å². The molecule has 0 radical (unpaired) electrons. The van der Waals surface area contributed by atoms with Gasteiger partial charge in [-0.15, -0.1) is 0 Å². The summed E-state index contributed by atoms with van der Waals surface area (Å²) in [4.78, 5) is 5.46. The number of furan rings is 1. The van der Waals surface area contributed by atoms with E-state index in [0.29, 0.717) is 35.5 Å². The van der Waals surface area contributed by atoms with Crippen molar-refractivity contribution in [2.45, 2.75) is 45.8 Å². The number of piperidine rings is 1. The van der Waals surface area contributed by atoms with Crippen LogP contribution < -0.4 is 0 Å². The van der Waals surface area contributed by atoms with Crippen LogP contribution in [0, 0.1) is 35.5 Å². The monoisotopic (exact) mass is 496 g/mol. The number of rotatable bonds is 0. The molecule has 0 spiro atoms. The molecule has 5 aliphatic carbocycles. The lowest BCUT2D eigenvalue weighted by atomic mass is 9.66. The Bertz CT molecular complexity index is 1640. The molecule has 1 aromatic heterocycles. The van der Waals surface area contributed by atoms with E-state index < -0.39 is 0 Å². The van der Waals surface area contributed by atoms with Crippen LogP contribution in [0.4, 0.5) is 0 Å². The van der Waals surface area contributed by atoms with Crippen LogP contribution >= 0.6 is 0 Å². The Morgan fingerprint density at radius 2 is 1.92 bits per heavy atom. The highest BCUT2D eigenvalue weighted by Gasteiger charge is 2.56. The van der Waals surface area contributed by atoms with Gasteiger partial charge in [0.05, 0.1) is 17.9 Å². The highest BCUT2D eigenvalue weighted by molar-refractivity contribution is 5.63. The van der Waals surface area contributed by atoms with Crippen LogP contribution in [0.5, 0.6) is 0 Å². The van der Waals surface area contributed by atoms with E-state index in [-0.39, 0.29) is 6.17 Å². The van der Waals surface area contributed by atoms with Crippen LogP contribution in [0.15, 0.2) is 105 Å². The van der Waals surface area contributed by atoms with E-state index in [9.17, 15) is 0 Å². The van der Waals surface area contributed by atoms with Crippen molar-refractivity contribution in [2.75, 3.05) is 0 Å². The maximum atomic E-state index is 6.64. The molecule has 1 fully saturated rings. The van der Waals surface area contributed by atoms with Gasteiger partial charge in [-0.3, -0.25) is 0 Å². The number of nitrogens with zero attached hydrogens (tertiary/aromatic N) is 2. The topological polar surface area (TPSA) is 19.6 Å². The van der Waals surface area contributed by atoms with E-state index in [1.807, 2.05) is 0 Å². The van der Waals surface area contributed by atoms with Crippen molar-refractivity contribution in [2.24, 2.45) is 35.5 Å². The van der Waals surface area contributed by atoms with Gasteiger partial charge in [-0.25, -0.2) is 0 Å². The zero-order valence-electron chi connectivity index (χ0n) is 22.0. The molecule has 188 valence electrons. The zero-order chi connectivity index (χ0) is 24.9. The van der Waals surface area contributed by atoms with Crippen molar-refractivity contribution in [1.82, 2.24) is 9.80 Å². The summed E-state index contributed by atoms with van der Waals surface area (Å²) >= 11 is 0. The number of hydrogen-bond acceptors (Lipinski definition) is 3. The zero-order valence-corrected chi connectivity index (χ0v) is 22.0. The molecule has 3 nitrogen and oxygen atoms in total. The third kappa shape index (κ3) is 2.27. The van der Waals surface area contributed by atoms with Gasteiger partial charge in [0.25, 0.3) is 0 Å². The summed E-state index contributed by atoms with van der Waals surface area (Å²) < 4.78 is 6.64. The smallest absolute Gasteiger partial charge is 0.136 e. The quantitative estimate of drug-likeness (QED) is 0.371. The van der Waals surface area contributed by atoms with Crippen molar-refractivity contribution in [1.29, 1.82) is 0 Å². The fourth-order valence-electron chi connectivity index (χ4n) is 9.41. The SMILES string of the molecule is CC1C2=CC(C3C=Cc4oc5c(c4C3)C3N(C5)C4=C5C(C=C4)C(C)C4=CCCC1=C4N53)C1C=CC=CC1=C2. The van der Waals surface area contributed by atoms with Crippen molar-refractivity contribution in [3.63, 3.8) is 0 Å². The fourth-order valence-corrected chi connectivity index (χ4v) is 9.41. The van der Waals surface area contributed by atoms with Gasteiger partial charge in [-0.05, 0) is 71.5 Å². The normalized spacial score (nSPS) is 37.8. The van der Waals surface area contributed by atoms with Crippen molar-refractivity contribution < 1.29 is 4.42 Å². The van der Waals surface area contributed by atoms with Crippen molar-refractivity contribution in [3.05, 3.63) is 123 Å². The first-order valence-electron chi connectivity index (χ1n) is 14.7. The Kier molecular flexibility index (Phi) is 3.64. The first-order valence-corrected chi connectivity index (χ1v) is 14.7. The molecule has 1 aromatic rings. The van der Waals surface area contributed by atoms with Gasteiger partial charge in [0, 0.05) is 34.6 Å². The lowest BCUT2D eigenvalue weighted by Crippen LogP contribution is -2.40. The van der Waals surface area contributed by atoms with E-state index in [2.05, 4.69) is 90.5 Å². The lowest BCUT2D eigenvalue weighted by Gasteiger charge is -2.47. The summed E-state index contributed by atoms with van der Waals surface area (Å²) in [6, 6.07) is 0. The van der Waals surface area contributed by atoms with Crippen molar-refractivity contribution in [3.8, 4) is 0 Å². The molecule has 5 heterocycles. The molecule has 4 bridgehead atoms. The number of hydrogen-bond donors (Lipinski definition) is 0. The van der Waals surface area contributed by atoms with Gasteiger partial charge in [0.1, 0.15) is 17.7 Å². The molecule has 0 N–H and O–H groups in total. The number of fused-ring (bicyclic) bond motifs is 6. The molecular formula is C35H32N2O. The molecule has 7 unspecified atom stereocenters. The summed E-state index contributed by atoms with van der Waals surface area (Å²) in [6.45, 7) is 5.85. The van der Waals surface area contributed by atoms with Gasteiger partial charge in [0.2, 0.25) is 0 Å². The third-order valence-electron chi connectivity index (χ3n) is 11.2. The molecule has 0 saturated carbocycles. The predicted octanol–water partition coefficient (Wildman–Crippen LogP) is 7.49. The Morgan fingerprint density at radius 3 is 2.87 bits per heavy atom. The van der Waals surface area contributed by atoms with Crippen LogP contribution in [0.25, 0.3) is 6.08 Å². The summed E-state index contributed by atoms with van der Waals surface area (Å²) in [5.41, 5.74) is 13.7. The van der Waals surface area contributed by atoms with E-state index >= 15 is 0 Å². The molecule has 38 heavy (non-hydrogen) atoms. The Hall–Kier alpha value is -3.46. The van der Waals surface area contributed by atoms with Crippen molar-refractivity contribution >= 4 is 6.08 Å². The average molecular weight is 497 g/mol. The molecular weight excluding hydrogens is 464 g/mol. The van der Waals surface area contributed by atoms with Crippen LogP contribution in [-0.4, -0.2) is 9.80 Å². The summed E-state index contributed by atoms with van der Waals surface area (Å²) in [5.74, 6) is 5.14. The van der Waals surface area contributed by atoms with Gasteiger partial charge < -0.3 is 14.2 Å². The highest BCUT2D eigenvalue weighted by Crippen LogP contribution is 2.62. The van der Waals surface area contributed by atoms with Crippen LogP contribution in [-0.2, 0) is 13.0 Å². The molecule has 7 atom stereocenters. The molecule has 1 saturated heterocycles. The summed E-state index contributed by atoms with van der Waals surface area (Å²) in [5, 5.41) is 0. The molecule has 0 amide bonds. The second-order valence-electron chi connectivity index (χ2n) is 12.8. The summed E-state index contributed by atoms with van der Waals surface area (Å²) in [7, 11) is 0. The number of allylic oxidation sites excluding steroid dienone is 14. The Morgan fingerprint density at radius 1 is 0.974 bits per heavy atom. The van der Waals surface area contributed by atoms with Gasteiger partial charge >= 0.3 is 0 Å². The van der Waals surface area contributed by atoms with E-state index in [1.54, 1.807) is 22.5 Å².